The molecule has 0 radical (unpaired) electrons. The van der Waals surface area contributed by atoms with Crippen molar-refractivity contribution < 1.29 is 23.2 Å². The van der Waals surface area contributed by atoms with E-state index >= 15 is 0 Å². The maximum atomic E-state index is 14.0. The fourth-order valence-corrected chi connectivity index (χ4v) is 4.53. The third kappa shape index (κ3) is 5.25. The Bertz CT molecular complexity index is 1550. The number of hydrogen-bond donors (Lipinski definition) is 1. The van der Waals surface area contributed by atoms with Gasteiger partial charge in [0.1, 0.15) is 28.5 Å². The van der Waals surface area contributed by atoms with Crippen molar-refractivity contribution in [2.45, 2.75) is 39.1 Å². The molecule has 1 N–H and O–H groups in total. The van der Waals surface area contributed by atoms with Crippen LogP contribution in [0.2, 0.25) is 0 Å². The number of hydrogen-bond acceptors (Lipinski definition) is 7. The van der Waals surface area contributed by atoms with Crippen molar-refractivity contribution in [2.75, 3.05) is 6.61 Å². The first-order chi connectivity index (χ1) is 18.2. The van der Waals surface area contributed by atoms with Crippen LogP contribution in [0.25, 0.3) is 11.3 Å². The number of carbonyl (C=O) groups excluding carboxylic acids is 1. The maximum absolute atomic E-state index is 14.0. The minimum Gasteiger partial charge on any atom is -0.481 e. The summed E-state index contributed by atoms with van der Waals surface area (Å²) in [4.78, 5) is 31.5. The average molecular weight is 583 g/mol. The molecule has 1 aliphatic rings. The molecule has 2 aromatic carbocycles. The molecule has 0 atom stereocenters. The highest BCUT2D eigenvalue weighted by molar-refractivity contribution is 9.10. The number of halogens is 2. The van der Waals surface area contributed by atoms with Crippen LogP contribution in [0.5, 0.6) is 5.75 Å². The van der Waals surface area contributed by atoms with Gasteiger partial charge in [-0.05, 0) is 53.0 Å². The molecule has 196 valence electrons. The molecule has 3 heterocycles. The van der Waals surface area contributed by atoms with E-state index < -0.39 is 22.9 Å². The Labute approximate surface area is 225 Å². The van der Waals surface area contributed by atoms with E-state index in [9.17, 15) is 14.0 Å². The molecule has 2 aromatic heterocycles. The number of aromatic nitrogens is 3. The van der Waals surface area contributed by atoms with Crippen LogP contribution in [-0.4, -0.2) is 27.2 Å². The van der Waals surface area contributed by atoms with E-state index in [-0.39, 0.29) is 24.6 Å². The highest BCUT2D eigenvalue weighted by Crippen LogP contribution is 2.29. The molecule has 9 nitrogen and oxygen atoms in total. The summed E-state index contributed by atoms with van der Waals surface area (Å²) in [5.41, 5.74) is 0.349. The first kappa shape index (κ1) is 25.8. The molecule has 11 heteroatoms. The van der Waals surface area contributed by atoms with E-state index in [1.807, 2.05) is 30.3 Å². The van der Waals surface area contributed by atoms with Crippen LogP contribution in [0, 0.1) is 5.82 Å². The normalized spacial score (nSPS) is 14.1. The highest BCUT2D eigenvalue weighted by atomic mass is 79.9. The van der Waals surface area contributed by atoms with Gasteiger partial charge in [0.05, 0.1) is 13.2 Å². The minimum absolute atomic E-state index is 0.00484. The van der Waals surface area contributed by atoms with Gasteiger partial charge in [-0.3, -0.25) is 14.2 Å². The van der Waals surface area contributed by atoms with Crippen LogP contribution >= 0.6 is 15.9 Å². The van der Waals surface area contributed by atoms with Gasteiger partial charge in [-0.2, -0.15) is 0 Å². The van der Waals surface area contributed by atoms with Gasteiger partial charge in [0.25, 0.3) is 11.5 Å². The van der Waals surface area contributed by atoms with Crippen molar-refractivity contribution in [3.8, 4) is 17.1 Å². The number of nitrogens with one attached hydrogen (secondary N) is 1. The summed E-state index contributed by atoms with van der Waals surface area (Å²) in [6, 6.07) is 15.0. The fourth-order valence-electron chi connectivity index (χ4n) is 4.25. The van der Waals surface area contributed by atoms with Gasteiger partial charge in [-0.25, -0.2) is 9.37 Å². The van der Waals surface area contributed by atoms with E-state index in [1.54, 1.807) is 26.0 Å². The number of rotatable bonds is 7. The molecule has 0 saturated heterocycles. The predicted octanol–water partition coefficient (Wildman–Crippen LogP) is 4.57. The van der Waals surface area contributed by atoms with Crippen LogP contribution in [0.15, 0.2) is 68.5 Å². The van der Waals surface area contributed by atoms with E-state index in [0.29, 0.717) is 40.5 Å². The Morgan fingerprint density at radius 2 is 2.00 bits per heavy atom. The van der Waals surface area contributed by atoms with Crippen LogP contribution in [0.3, 0.4) is 0 Å². The summed E-state index contributed by atoms with van der Waals surface area (Å²) >= 11 is 3.22. The van der Waals surface area contributed by atoms with E-state index in [2.05, 4.69) is 31.4 Å². The highest BCUT2D eigenvalue weighted by Gasteiger charge is 2.35. The van der Waals surface area contributed by atoms with Crippen LogP contribution in [0.1, 0.15) is 41.3 Å². The number of ether oxygens (including phenoxy) is 2. The Balaban J connectivity index is 1.48. The van der Waals surface area contributed by atoms with E-state index in [0.717, 1.165) is 5.56 Å². The SMILES string of the molecule is CC1(C)OCCn2c1nc(C(=O)NCc1ccc(F)cc1-c1cc(Br)no1)c(OCc1ccccc1)c2=O. The molecule has 0 unspecified atom stereocenters. The molecule has 1 amide bonds. The number of carbonyl (C=O) groups is 1. The summed E-state index contributed by atoms with van der Waals surface area (Å²) in [6.07, 6.45) is 0. The smallest absolute Gasteiger partial charge is 0.296 e. The second-order valence-corrected chi connectivity index (χ2v) is 10.0. The van der Waals surface area contributed by atoms with E-state index in [1.165, 1.54) is 16.7 Å². The van der Waals surface area contributed by atoms with Crippen molar-refractivity contribution in [3.05, 3.63) is 98.0 Å². The van der Waals surface area contributed by atoms with Gasteiger partial charge in [0.2, 0.25) is 5.75 Å². The molecule has 38 heavy (non-hydrogen) atoms. The second kappa shape index (κ2) is 10.5. The monoisotopic (exact) mass is 582 g/mol. The summed E-state index contributed by atoms with van der Waals surface area (Å²) in [5.74, 6) is -0.572. The van der Waals surface area contributed by atoms with Crippen molar-refractivity contribution in [3.63, 3.8) is 0 Å². The predicted molar refractivity (Wildman–Crippen MR) is 139 cm³/mol. The molecule has 0 aliphatic carbocycles. The summed E-state index contributed by atoms with van der Waals surface area (Å²) in [6.45, 7) is 4.29. The van der Waals surface area contributed by atoms with Gasteiger partial charge in [0.15, 0.2) is 11.5 Å². The topological polar surface area (TPSA) is 108 Å². The summed E-state index contributed by atoms with van der Waals surface area (Å²) in [7, 11) is 0. The Hall–Kier alpha value is -3.83. The molecule has 0 spiro atoms. The summed E-state index contributed by atoms with van der Waals surface area (Å²) < 4.78 is 32.9. The zero-order valence-electron chi connectivity index (χ0n) is 20.7. The zero-order valence-corrected chi connectivity index (χ0v) is 22.2. The number of amides is 1. The van der Waals surface area contributed by atoms with Crippen molar-refractivity contribution in [2.24, 2.45) is 0 Å². The van der Waals surface area contributed by atoms with Crippen molar-refractivity contribution in [1.29, 1.82) is 0 Å². The number of benzene rings is 2. The maximum Gasteiger partial charge on any atom is 0.296 e. The van der Waals surface area contributed by atoms with Crippen LogP contribution in [-0.2, 0) is 30.0 Å². The fraction of sp³-hybridized carbons (Fsp3) is 0.259. The van der Waals surface area contributed by atoms with E-state index in [4.69, 9.17) is 14.0 Å². The first-order valence-electron chi connectivity index (χ1n) is 11.9. The Morgan fingerprint density at radius 3 is 2.74 bits per heavy atom. The van der Waals surface area contributed by atoms with Crippen LogP contribution in [0.4, 0.5) is 4.39 Å². The zero-order chi connectivity index (χ0) is 26.9. The van der Waals surface area contributed by atoms with Gasteiger partial charge < -0.3 is 19.3 Å². The Kier molecular flexibility index (Phi) is 7.13. The lowest BCUT2D eigenvalue weighted by Gasteiger charge is -2.32. The Morgan fingerprint density at radius 1 is 1.21 bits per heavy atom. The molecule has 5 rings (SSSR count). The van der Waals surface area contributed by atoms with Gasteiger partial charge in [-0.15, -0.1) is 0 Å². The van der Waals surface area contributed by atoms with Crippen molar-refractivity contribution in [1.82, 2.24) is 20.0 Å². The quantitative estimate of drug-likeness (QED) is 0.340. The average Bonchev–Trinajstić information content (AvgIpc) is 3.34. The lowest BCUT2D eigenvalue weighted by atomic mass is 10.0. The number of fused-ring (bicyclic) bond motifs is 1. The molecule has 0 bridgehead atoms. The third-order valence-corrected chi connectivity index (χ3v) is 6.52. The van der Waals surface area contributed by atoms with Gasteiger partial charge in [-0.1, -0.05) is 41.6 Å². The first-order valence-corrected chi connectivity index (χ1v) is 12.7. The lowest BCUT2D eigenvalue weighted by molar-refractivity contribution is -0.0567. The van der Waals surface area contributed by atoms with Crippen LogP contribution < -0.4 is 15.6 Å². The van der Waals surface area contributed by atoms with Gasteiger partial charge in [0, 0.05) is 18.2 Å². The largest absolute Gasteiger partial charge is 0.481 e. The minimum atomic E-state index is -0.881. The van der Waals surface area contributed by atoms with Crippen molar-refractivity contribution >= 4 is 21.8 Å². The standard InChI is InChI=1S/C27H24BrFN4O5/c1-27(2)26-31-22(23(25(35)33(26)10-11-37-27)36-15-16-6-4-3-5-7-16)24(34)30-14-17-8-9-18(29)12-19(17)20-13-21(28)32-38-20/h3-9,12-13H,10-11,14-15H2,1-2H3,(H,30,34). The molecule has 1 aliphatic heterocycles. The summed E-state index contributed by atoms with van der Waals surface area (Å²) in [5, 5.41) is 6.57. The van der Waals surface area contributed by atoms with Gasteiger partial charge >= 0.3 is 0 Å². The third-order valence-electron chi connectivity index (χ3n) is 6.14. The molecular formula is C27H24BrFN4O5. The molecule has 0 saturated carbocycles. The molecular weight excluding hydrogens is 559 g/mol. The number of nitrogens with zero attached hydrogens (tertiary/aromatic N) is 3. The lowest BCUT2D eigenvalue weighted by Crippen LogP contribution is -2.43. The molecule has 0 fully saturated rings. The second-order valence-electron chi connectivity index (χ2n) is 9.20. The molecule has 4 aromatic rings.